The second-order valence-electron chi connectivity index (χ2n) is 7.81. The van der Waals surface area contributed by atoms with E-state index < -0.39 is 0 Å². The lowest BCUT2D eigenvalue weighted by atomic mass is 10.0. The van der Waals surface area contributed by atoms with Crippen LogP contribution in [0.1, 0.15) is 47.7 Å². The lowest BCUT2D eigenvalue weighted by Gasteiger charge is -2.33. The molecule has 0 aliphatic carbocycles. The van der Waals surface area contributed by atoms with E-state index in [9.17, 15) is 9.59 Å². The first-order valence-corrected chi connectivity index (χ1v) is 10.3. The predicted octanol–water partition coefficient (Wildman–Crippen LogP) is 4.39. The van der Waals surface area contributed by atoms with Gasteiger partial charge in [0.25, 0.3) is 5.91 Å². The van der Waals surface area contributed by atoms with Gasteiger partial charge < -0.3 is 19.7 Å². The van der Waals surface area contributed by atoms with Crippen molar-refractivity contribution in [1.82, 2.24) is 4.90 Å². The van der Waals surface area contributed by atoms with Gasteiger partial charge in [-0.15, -0.1) is 0 Å². The van der Waals surface area contributed by atoms with Crippen molar-refractivity contribution in [3.05, 3.63) is 59.2 Å². The first-order chi connectivity index (χ1) is 14.5. The molecule has 1 fully saturated rings. The monoisotopic (exact) mass is 406 g/mol. The van der Waals surface area contributed by atoms with Crippen LogP contribution in [0.4, 0.5) is 5.69 Å². The number of piperidine rings is 1. The maximum Gasteiger partial charge on any atom is 0.254 e. The maximum atomic E-state index is 12.8. The van der Waals surface area contributed by atoms with Gasteiger partial charge in [0.15, 0.2) is 11.5 Å². The minimum Gasteiger partial charge on any atom is -0.454 e. The molecule has 0 aromatic heterocycles. The van der Waals surface area contributed by atoms with Gasteiger partial charge >= 0.3 is 0 Å². The lowest BCUT2D eigenvalue weighted by Crippen LogP contribution is -2.42. The molecular weight excluding hydrogens is 380 g/mol. The Kier molecular flexibility index (Phi) is 5.74. The highest BCUT2D eigenvalue weighted by atomic mass is 16.7. The van der Waals surface area contributed by atoms with E-state index in [1.807, 2.05) is 36.1 Å². The number of fused-ring (bicyclic) bond motifs is 1. The molecule has 2 amide bonds. The third kappa shape index (κ3) is 4.32. The zero-order valence-electron chi connectivity index (χ0n) is 17.3. The number of hydrogen-bond acceptors (Lipinski definition) is 4. The van der Waals surface area contributed by atoms with E-state index in [0.29, 0.717) is 22.7 Å². The van der Waals surface area contributed by atoms with E-state index in [0.717, 1.165) is 30.5 Å². The highest BCUT2D eigenvalue weighted by Gasteiger charge is 2.24. The number of nitrogens with zero attached hydrogens (tertiary/aromatic N) is 1. The number of nitrogens with one attached hydrogen (secondary N) is 1. The summed E-state index contributed by atoms with van der Waals surface area (Å²) in [5, 5.41) is 2.88. The number of likely N-dealkylation sites (tertiary alicyclic amines) is 1. The molecule has 1 N–H and O–H groups in total. The number of carbonyl (C=O) groups is 2. The Morgan fingerprint density at radius 1 is 1.10 bits per heavy atom. The van der Waals surface area contributed by atoms with Crippen LogP contribution in [0.5, 0.6) is 11.5 Å². The second-order valence-corrected chi connectivity index (χ2v) is 7.81. The molecule has 6 nitrogen and oxygen atoms in total. The van der Waals surface area contributed by atoms with Crippen molar-refractivity contribution in [3.63, 3.8) is 0 Å². The van der Waals surface area contributed by atoms with Gasteiger partial charge in [-0.3, -0.25) is 9.59 Å². The number of hydrogen-bond donors (Lipinski definition) is 1. The number of benzene rings is 2. The molecule has 2 aromatic carbocycles. The molecule has 0 spiro atoms. The van der Waals surface area contributed by atoms with Crippen LogP contribution in [-0.2, 0) is 4.79 Å². The number of amides is 2. The van der Waals surface area contributed by atoms with Gasteiger partial charge in [-0.1, -0.05) is 6.07 Å². The maximum absolute atomic E-state index is 12.8. The molecule has 4 rings (SSSR count). The van der Waals surface area contributed by atoms with Crippen molar-refractivity contribution in [1.29, 1.82) is 0 Å². The van der Waals surface area contributed by atoms with E-state index in [2.05, 4.69) is 12.2 Å². The first kappa shape index (κ1) is 20.0. The van der Waals surface area contributed by atoms with Crippen LogP contribution in [0.15, 0.2) is 42.5 Å². The number of carbonyl (C=O) groups excluding carboxylic acids is 2. The topological polar surface area (TPSA) is 67.9 Å². The van der Waals surface area contributed by atoms with E-state index >= 15 is 0 Å². The molecule has 2 aromatic rings. The van der Waals surface area contributed by atoms with Gasteiger partial charge in [0.1, 0.15) is 0 Å². The van der Waals surface area contributed by atoms with Crippen molar-refractivity contribution in [2.75, 3.05) is 18.7 Å². The third-order valence-electron chi connectivity index (χ3n) is 5.62. The van der Waals surface area contributed by atoms with Gasteiger partial charge in [-0.05, 0) is 80.6 Å². The molecule has 0 bridgehead atoms. The summed E-state index contributed by atoms with van der Waals surface area (Å²) >= 11 is 0. The summed E-state index contributed by atoms with van der Waals surface area (Å²) < 4.78 is 10.6. The standard InChI is InChI=1S/C24H26N2O4/c1-16-13-19(24(28)26-12-4-3-5-17(26)2)8-9-20(16)25-23(27)11-7-18-6-10-21-22(14-18)30-15-29-21/h6-11,13-14,17H,3-5,12,15H2,1-2H3,(H,25,27)/b11-7+. The molecule has 2 heterocycles. The fraction of sp³-hybridized carbons (Fsp3) is 0.333. The Hall–Kier alpha value is -3.28. The van der Waals surface area contributed by atoms with Crippen molar-refractivity contribution in [3.8, 4) is 11.5 Å². The Bertz CT molecular complexity index is 999. The summed E-state index contributed by atoms with van der Waals surface area (Å²) in [4.78, 5) is 27.1. The van der Waals surface area contributed by atoms with Crippen LogP contribution in [0.3, 0.4) is 0 Å². The quantitative estimate of drug-likeness (QED) is 0.765. The molecule has 1 unspecified atom stereocenters. The Balaban J connectivity index is 1.40. The van der Waals surface area contributed by atoms with Crippen LogP contribution in [0, 0.1) is 6.92 Å². The number of anilines is 1. The van der Waals surface area contributed by atoms with Gasteiger partial charge in [0, 0.05) is 29.9 Å². The molecule has 1 saturated heterocycles. The van der Waals surface area contributed by atoms with Crippen molar-refractivity contribution >= 4 is 23.6 Å². The number of rotatable bonds is 4. The fourth-order valence-electron chi connectivity index (χ4n) is 3.87. The lowest BCUT2D eigenvalue weighted by molar-refractivity contribution is -0.111. The fourth-order valence-corrected chi connectivity index (χ4v) is 3.87. The van der Waals surface area contributed by atoms with Crippen LogP contribution in [0.25, 0.3) is 6.08 Å². The summed E-state index contributed by atoms with van der Waals surface area (Å²) in [6.45, 7) is 5.03. The smallest absolute Gasteiger partial charge is 0.254 e. The molecule has 30 heavy (non-hydrogen) atoms. The summed E-state index contributed by atoms with van der Waals surface area (Å²) in [6, 6.07) is 11.2. The summed E-state index contributed by atoms with van der Waals surface area (Å²) in [6.07, 6.45) is 6.48. The van der Waals surface area contributed by atoms with Crippen molar-refractivity contribution in [2.45, 2.75) is 39.2 Å². The highest BCUT2D eigenvalue weighted by Crippen LogP contribution is 2.32. The largest absolute Gasteiger partial charge is 0.454 e. The third-order valence-corrected chi connectivity index (χ3v) is 5.62. The zero-order valence-corrected chi connectivity index (χ0v) is 17.3. The van der Waals surface area contributed by atoms with Crippen LogP contribution in [-0.4, -0.2) is 36.1 Å². The molecule has 0 radical (unpaired) electrons. The predicted molar refractivity (Wildman–Crippen MR) is 116 cm³/mol. The summed E-state index contributed by atoms with van der Waals surface area (Å²) in [5.74, 6) is 1.21. The first-order valence-electron chi connectivity index (χ1n) is 10.3. The molecule has 2 aliphatic heterocycles. The SMILES string of the molecule is Cc1cc(C(=O)N2CCCCC2C)ccc1NC(=O)/C=C/c1ccc2c(c1)OCO2. The zero-order chi connectivity index (χ0) is 21.1. The van der Waals surface area contributed by atoms with E-state index in [1.165, 1.54) is 12.5 Å². The minimum atomic E-state index is -0.237. The van der Waals surface area contributed by atoms with Crippen LogP contribution >= 0.6 is 0 Å². The van der Waals surface area contributed by atoms with Crippen molar-refractivity contribution < 1.29 is 19.1 Å². The Morgan fingerprint density at radius 3 is 2.73 bits per heavy atom. The minimum absolute atomic E-state index is 0.0610. The van der Waals surface area contributed by atoms with Crippen LogP contribution in [0.2, 0.25) is 0 Å². The molecule has 1 atom stereocenters. The highest BCUT2D eigenvalue weighted by molar-refractivity contribution is 6.03. The second kappa shape index (κ2) is 8.61. The molecular formula is C24H26N2O4. The van der Waals surface area contributed by atoms with Gasteiger partial charge in [-0.25, -0.2) is 0 Å². The molecule has 0 saturated carbocycles. The average Bonchev–Trinajstić information content (AvgIpc) is 3.21. The molecule has 156 valence electrons. The Labute approximate surface area is 176 Å². The molecule has 2 aliphatic rings. The molecule has 6 heteroatoms. The normalized spacial score (nSPS) is 17.9. The summed E-state index contributed by atoms with van der Waals surface area (Å²) in [5.41, 5.74) is 3.06. The average molecular weight is 406 g/mol. The number of aryl methyl sites for hydroxylation is 1. The summed E-state index contributed by atoms with van der Waals surface area (Å²) in [7, 11) is 0. The van der Waals surface area contributed by atoms with E-state index in [4.69, 9.17) is 9.47 Å². The van der Waals surface area contributed by atoms with Gasteiger partial charge in [0.2, 0.25) is 12.7 Å². The van der Waals surface area contributed by atoms with E-state index in [-0.39, 0.29) is 24.6 Å². The van der Waals surface area contributed by atoms with E-state index in [1.54, 1.807) is 18.2 Å². The van der Waals surface area contributed by atoms with Crippen molar-refractivity contribution in [2.24, 2.45) is 0 Å². The van der Waals surface area contributed by atoms with Crippen LogP contribution < -0.4 is 14.8 Å². The van der Waals surface area contributed by atoms with Gasteiger partial charge in [-0.2, -0.15) is 0 Å². The number of ether oxygens (including phenoxy) is 2. The van der Waals surface area contributed by atoms with Gasteiger partial charge in [0.05, 0.1) is 0 Å². The Morgan fingerprint density at radius 2 is 1.93 bits per heavy atom.